The van der Waals surface area contributed by atoms with E-state index < -0.39 is 0 Å². The fraction of sp³-hybridized carbons (Fsp3) is 0. The molecule has 0 saturated carbocycles. The third kappa shape index (κ3) is 6.26. The lowest BCUT2D eigenvalue weighted by molar-refractivity contribution is 1.52. The summed E-state index contributed by atoms with van der Waals surface area (Å²) in [5.74, 6) is 0. The van der Waals surface area contributed by atoms with Crippen LogP contribution < -0.4 is 0 Å². The van der Waals surface area contributed by atoms with Gasteiger partial charge < -0.3 is 0 Å². The second-order valence-corrected chi connectivity index (χ2v) is 19.5. The van der Waals surface area contributed by atoms with Crippen LogP contribution in [0.4, 0.5) is 0 Å². The van der Waals surface area contributed by atoms with Gasteiger partial charge in [-0.25, -0.2) is 0 Å². The molecular weight excluding hydrogens is 865 g/mol. The Balaban J connectivity index is 1.14. The largest absolute Gasteiger partial charge is 0.0622 e. The van der Waals surface area contributed by atoms with Crippen LogP contribution in [0.2, 0.25) is 0 Å². The molecule has 13 aromatic carbocycles. The summed E-state index contributed by atoms with van der Waals surface area (Å²) in [5, 5.41) is 15.0. The first-order valence-corrected chi connectivity index (χ1v) is 25.1. The third-order valence-corrected chi connectivity index (χ3v) is 15.5. The predicted octanol–water partition coefficient (Wildman–Crippen LogP) is 19.3. The summed E-state index contributed by atoms with van der Waals surface area (Å²) in [6, 6.07) is 100.0. The van der Waals surface area contributed by atoms with Crippen molar-refractivity contribution in [2.75, 3.05) is 0 Å². The van der Waals surface area contributed by atoms with E-state index in [0.717, 1.165) is 0 Å². The molecule has 0 atom stereocenters. The second kappa shape index (κ2) is 16.1. The summed E-state index contributed by atoms with van der Waals surface area (Å²) in [7, 11) is 0. The number of hydrogen-bond donors (Lipinski definition) is 0. The van der Waals surface area contributed by atoms with E-state index in [1.807, 2.05) is 0 Å². The molecule has 72 heavy (non-hydrogen) atoms. The van der Waals surface area contributed by atoms with Gasteiger partial charge in [0.25, 0.3) is 0 Å². The molecular formula is C72H44. The highest BCUT2D eigenvalue weighted by Gasteiger charge is 2.41. The molecule has 0 spiro atoms. The van der Waals surface area contributed by atoms with E-state index in [1.165, 1.54) is 154 Å². The summed E-state index contributed by atoms with van der Waals surface area (Å²) in [5.41, 5.74) is 19.7. The Morgan fingerprint density at radius 2 is 0.431 bits per heavy atom. The fourth-order valence-electron chi connectivity index (χ4n) is 12.2. The highest BCUT2D eigenvalue weighted by Crippen LogP contribution is 2.63. The Hall–Kier alpha value is -9.36. The maximum Gasteiger partial charge on any atom is -0.000137 e. The first-order chi connectivity index (χ1) is 35.7. The molecule has 0 aliphatic heterocycles. The van der Waals surface area contributed by atoms with Crippen molar-refractivity contribution in [2.45, 2.75) is 0 Å². The molecule has 0 amide bonds. The third-order valence-electron chi connectivity index (χ3n) is 15.5. The van der Waals surface area contributed by atoms with Crippen LogP contribution in [0.1, 0.15) is 33.4 Å². The smallest absolute Gasteiger partial charge is 0.000137 e. The van der Waals surface area contributed by atoms with Gasteiger partial charge >= 0.3 is 0 Å². The second-order valence-electron chi connectivity index (χ2n) is 19.5. The normalized spacial score (nSPS) is 13.4. The zero-order valence-corrected chi connectivity index (χ0v) is 39.4. The molecule has 13 aromatic rings. The SMILES string of the molecule is c1ccc(C2=C3C(=C(c4ccc5ccc6ccccc6c5c4)c4cc(-c5ccccc5)c(-c5ccccc5)cc43)C(c3ccc4ccc5ccccc5c4c3)=C2c2ccc3ccc4ccccc4c3c2)cc1. The van der Waals surface area contributed by atoms with Crippen LogP contribution >= 0.6 is 0 Å². The van der Waals surface area contributed by atoms with Gasteiger partial charge in [0.05, 0.1) is 0 Å². The summed E-state index contributed by atoms with van der Waals surface area (Å²) >= 11 is 0. The Kier molecular flexibility index (Phi) is 9.06. The lowest BCUT2D eigenvalue weighted by Crippen LogP contribution is -1.97. The van der Waals surface area contributed by atoms with E-state index in [0.29, 0.717) is 0 Å². The van der Waals surface area contributed by atoms with E-state index >= 15 is 0 Å². The summed E-state index contributed by atoms with van der Waals surface area (Å²) < 4.78 is 0. The van der Waals surface area contributed by atoms with Crippen molar-refractivity contribution in [2.24, 2.45) is 0 Å². The summed E-state index contributed by atoms with van der Waals surface area (Å²) in [6.07, 6.45) is 0. The van der Waals surface area contributed by atoms with Gasteiger partial charge in [-0.1, -0.05) is 237 Å². The van der Waals surface area contributed by atoms with Gasteiger partial charge in [-0.3, -0.25) is 0 Å². The molecule has 2 aliphatic rings. The van der Waals surface area contributed by atoms with Gasteiger partial charge in [0.1, 0.15) is 0 Å². The zero-order chi connectivity index (χ0) is 47.3. The lowest BCUT2D eigenvalue weighted by atomic mass is 9.83. The highest BCUT2D eigenvalue weighted by molar-refractivity contribution is 6.40. The van der Waals surface area contributed by atoms with Gasteiger partial charge in [-0.05, 0) is 184 Å². The minimum Gasteiger partial charge on any atom is -0.0622 e. The zero-order valence-electron chi connectivity index (χ0n) is 39.4. The molecule has 0 bridgehead atoms. The first kappa shape index (κ1) is 40.5. The van der Waals surface area contributed by atoms with Crippen LogP contribution in [-0.4, -0.2) is 0 Å². The Labute approximate surface area is 418 Å². The molecule has 0 saturated heterocycles. The van der Waals surface area contributed by atoms with E-state index in [9.17, 15) is 0 Å². The molecule has 0 heterocycles. The monoisotopic (exact) mass is 908 g/mol. The van der Waals surface area contributed by atoms with Crippen LogP contribution in [0.5, 0.6) is 0 Å². The van der Waals surface area contributed by atoms with Crippen LogP contribution in [0.15, 0.2) is 272 Å². The van der Waals surface area contributed by atoms with Gasteiger partial charge in [0.2, 0.25) is 0 Å². The molecule has 0 nitrogen and oxygen atoms in total. The summed E-state index contributed by atoms with van der Waals surface area (Å²) in [6.45, 7) is 0. The topological polar surface area (TPSA) is 0 Å². The molecule has 0 fully saturated rings. The maximum atomic E-state index is 2.52. The van der Waals surface area contributed by atoms with E-state index in [2.05, 4.69) is 267 Å². The van der Waals surface area contributed by atoms with E-state index in [-0.39, 0.29) is 0 Å². The van der Waals surface area contributed by atoms with Crippen molar-refractivity contribution in [1.29, 1.82) is 0 Å². The van der Waals surface area contributed by atoms with Crippen molar-refractivity contribution in [1.82, 2.24) is 0 Å². The van der Waals surface area contributed by atoms with Gasteiger partial charge in [-0.15, -0.1) is 0 Å². The van der Waals surface area contributed by atoms with Crippen molar-refractivity contribution in [3.63, 3.8) is 0 Å². The molecule has 0 unspecified atom stereocenters. The molecule has 15 rings (SSSR count). The van der Waals surface area contributed by atoms with Crippen molar-refractivity contribution < 1.29 is 0 Å². The Morgan fingerprint density at radius 1 is 0.139 bits per heavy atom. The van der Waals surface area contributed by atoms with E-state index in [1.54, 1.807) is 0 Å². The van der Waals surface area contributed by atoms with E-state index in [4.69, 9.17) is 0 Å². The lowest BCUT2D eigenvalue weighted by Gasteiger charge is -2.20. The first-order valence-electron chi connectivity index (χ1n) is 25.1. The van der Waals surface area contributed by atoms with Gasteiger partial charge in [0.15, 0.2) is 0 Å². The van der Waals surface area contributed by atoms with Crippen LogP contribution in [0, 0.1) is 0 Å². The highest BCUT2D eigenvalue weighted by atomic mass is 14.4. The number of benzene rings is 13. The molecule has 0 radical (unpaired) electrons. The minimum absolute atomic E-state index is 1.20. The number of hydrogen-bond acceptors (Lipinski definition) is 0. The van der Waals surface area contributed by atoms with Crippen molar-refractivity contribution >= 4 is 92.5 Å². The maximum absolute atomic E-state index is 2.52. The van der Waals surface area contributed by atoms with Crippen LogP contribution in [-0.2, 0) is 0 Å². The molecule has 0 aromatic heterocycles. The van der Waals surface area contributed by atoms with Crippen molar-refractivity contribution in [3.05, 3.63) is 306 Å². The average Bonchev–Trinajstić information content (AvgIpc) is 3.97. The number of allylic oxidation sites excluding steroid dienone is 5. The van der Waals surface area contributed by atoms with Crippen molar-refractivity contribution in [3.8, 4) is 22.3 Å². The Bertz CT molecular complexity index is 4510. The van der Waals surface area contributed by atoms with Gasteiger partial charge in [0, 0.05) is 0 Å². The average molecular weight is 909 g/mol. The van der Waals surface area contributed by atoms with Crippen LogP contribution in [0.3, 0.4) is 0 Å². The quantitative estimate of drug-likeness (QED) is 0.146. The molecule has 2 aliphatic carbocycles. The number of fused-ring (bicyclic) bond motifs is 12. The minimum atomic E-state index is 1.20. The fourth-order valence-corrected chi connectivity index (χ4v) is 12.2. The molecule has 332 valence electrons. The molecule has 0 N–H and O–H groups in total. The van der Waals surface area contributed by atoms with Gasteiger partial charge in [-0.2, -0.15) is 0 Å². The number of rotatable bonds is 6. The Morgan fingerprint density at radius 3 is 0.847 bits per heavy atom. The summed E-state index contributed by atoms with van der Waals surface area (Å²) in [4.78, 5) is 0. The molecule has 0 heteroatoms. The standard InChI is InChI=1S/C72H44/c1-4-16-45(17-5-1)63-43-65-66(44-64(63)46-18-6-2-7-19-46)71-68(53-23-8-3-9-24-53)69(55-38-35-51-32-29-48-21-11-14-26-58(48)61(51)41-55)70(56-39-36-52-33-30-49-22-12-15-27-59(49)62(52)42-56)72(71)67(65)54-37-34-50-31-28-47-20-10-13-25-57(47)60(50)40-54/h1-44H. The predicted molar refractivity (Wildman–Crippen MR) is 308 cm³/mol. The van der Waals surface area contributed by atoms with Crippen LogP contribution in [0.25, 0.3) is 115 Å².